The van der Waals surface area contributed by atoms with Crippen LogP contribution in [0.4, 0.5) is 0 Å². The highest BCUT2D eigenvalue weighted by molar-refractivity contribution is 5.27. The molecule has 0 aliphatic heterocycles. The highest BCUT2D eigenvalue weighted by Crippen LogP contribution is 2.32. The first-order valence-corrected chi connectivity index (χ1v) is 5.62. The van der Waals surface area contributed by atoms with E-state index in [2.05, 4.69) is 19.1 Å². The second-order valence-electron chi connectivity index (χ2n) is 4.83. The van der Waals surface area contributed by atoms with Gasteiger partial charge in [-0.25, -0.2) is 0 Å². The van der Waals surface area contributed by atoms with Gasteiger partial charge in [0.1, 0.15) is 0 Å². The van der Waals surface area contributed by atoms with Crippen molar-refractivity contribution in [1.82, 2.24) is 0 Å². The van der Waals surface area contributed by atoms with Crippen molar-refractivity contribution in [2.24, 2.45) is 5.73 Å². The quantitative estimate of drug-likeness (QED) is 0.773. The molecule has 2 unspecified atom stereocenters. The standard InChI is InChI=1S/C13H19NO/c1-10-4-2-3-5-11(10)8-13(15)7-6-12(14)9-13/h2-5,12,15H,6-9,14H2,1H3. The number of nitrogens with two attached hydrogens (primary N) is 1. The van der Waals surface area contributed by atoms with Gasteiger partial charge in [0.15, 0.2) is 0 Å². The van der Waals surface area contributed by atoms with Crippen LogP contribution in [0, 0.1) is 6.92 Å². The summed E-state index contributed by atoms with van der Waals surface area (Å²) in [5, 5.41) is 10.4. The van der Waals surface area contributed by atoms with Gasteiger partial charge < -0.3 is 10.8 Å². The third-order valence-electron chi connectivity index (χ3n) is 3.40. The highest BCUT2D eigenvalue weighted by atomic mass is 16.3. The van der Waals surface area contributed by atoms with E-state index in [1.807, 2.05) is 12.1 Å². The van der Waals surface area contributed by atoms with Gasteiger partial charge in [-0.2, -0.15) is 0 Å². The Labute approximate surface area is 91.1 Å². The minimum atomic E-state index is -0.564. The lowest BCUT2D eigenvalue weighted by atomic mass is 9.91. The number of aliphatic hydroxyl groups is 1. The van der Waals surface area contributed by atoms with E-state index in [1.165, 1.54) is 11.1 Å². The molecule has 0 radical (unpaired) electrons. The Balaban J connectivity index is 2.12. The molecule has 0 bridgehead atoms. The first kappa shape index (κ1) is 10.7. The fourth-order valence-electron chi connectivity index (χ4n) is 2.47. The van der Waals surface area contributed by atoms with E-state index < -0.39 is 5.60 Å². The first-order valence-electron chi connectivity index (χ1n) is 5.62. The van der Waals surface area contributed by atoms with Crippen molar-refractivity contribution in [1.29, 1.82) is 0 Å². The van der Waals surface area contributed by atoms with Gasteiger partial charge in [-0.05, 0) is 37.3 Å². The Bertz CT molecular complexity index is 350. The average molecular weight is 205 g/mol. The van der Waals surface area contributed by atoms with Crippen molar-refractivity contribution in [3.05, 3.63) is 35.4 Å². The van der Waals surface area contributed by atoms with Crippen LogP contribution in [0.2, 0.25) is 0 Å². The van der Waals surface area contributed by atoms with Crippen LogP contribution >= 0.6 is 0 Å². The Kier molecular flexibility index (Phi) is 2.81. The van der Waals surface area contributed by atoms with Crippen molar-refractivity contribution < 1.29 is 5.11 Å². The minimum Gasteiger partial charge on any atom is -0.389 e. The monoisotopic (exact) mass is 205 g/mol. The minimum absolute atomic E-state index is 0.180. The average Bonchev–Trinajstić information content (AvgIpc) is 2.51. The Morgan fingerprint density at radius 3 is 2.80 bits per heavy atom. The van der Waals surface area contributed by atoms with Crippen molar-refractivity contribution >= 4 is 0 Å². The van der Waals surface area contributed by atoms with Gasteiger partial charge in [0.2, 0.25) is 0 Å². The molecule has 1 aliphatic carbocycles. The van der Waals surface area contributed by atoms with Crippen LogP contribution in [0.3, 0.4) is 0 Å². The lowest BCUT2D eigenvalue weighted by molar-refractivity contribution is 0.0467. The molecule has 1 aliphatic rings. The van der Waals surface area contributed by atoms with Gasteiger partial charge in [0.05, 0.1) is 5.60 Å². The molecule has 2 atom stereocenters. The van der Waals surface area contributed by atoms with Crippen LogP contribution in [0.25, 0.3) is 0 Å². The van der Waals surface area contributed by atoms with Crippen LogP contribution in [0.5, 0.6) is 0 Å². The van der Waals surface area contributed by atoms with E-state index in [-0.39, 0.29) is 6.04 Å². The van der Waals surface area contributed by atoms with Gasteiger partial charge in [-0.3, -0.25) is 0 Å². The SMILES string of the molecule is Cc1ccccc1CC1(O)CCC(N)C1. The lowest BCUT2D eigenvalue weighted by Gasteiger charge is -2.23. The lowest BCUT2D eigenvalue weighted by Crippen LogP contribution is -2.30. The van der Waals surface area contributed by atoms with Gasteiger partial charge >= 0.3 is 0 Å². The summed E-state index contributed by atoms with van der Waals surface area (Å²) in [6, 6.07) is 8.42. The van der Waals surface area contributed by atoms with E-state index >= 15 is 0 Å². The highest BCUT2D eigenvalue weighted by Gasteiger charge is 2.35. The molecule has 0 heterocycles. The smallest absolute Gasteiger partial charge is 0.0703 e. The number of aryl methyl sites for hydroxylation is 1. The molecule has 2 rings (SSSR count). The summed E-state index contributed by atoms with van der Waals surface area (Å²) >= 11 is 0. The van der Waals surface area contributed by atoms with Crippen molar-refractivity contribution in [3.8, 4) is 0 Å². The van der Waals surface area contributed by atoms with Gasteiger partial charge in [0, 0.05) is 12.5 Å². The summed E-state index contributed by atoms with van der Waals surface area (Å²) in [6.07, 6.45) is 3.26. The molecule has 82 valence electrons. The van der Waals surface area contributed by atoms with Gasteiger partial charge in [0.25, 0.3) is 0 Å². The second kappa shape index (κ2) is 3.95. The van der Waals surface area contributed by atoms with E-state index in [1.54, 1.807) is 0 Å². The summed E-state index contributed by atoms with van der Waals surface area (Å²) in [6.45, 7) is 2.09. The molecular weight excluding hydrogens is 186 g/mol. The summed E-state index contributed by atoms with van der Waals surface area (Å²) in [5.74, 6) is 0. The number of hydrogen-bond donors (Lipinski definition) is 2. The topological polar surface area (TPSA) is 46.2 Å². The van der Waals surface area contributed by atoms with Crippen molar-refractivity contribution in [2.45, 2.75) is 44.2 Å². The summed E-state index contributed by atoms with van der Waals surface area (Å²) in [5.41, 5.74) is 7.78. The number of hydrogen-bond acceptors (Lipinski definition) is 2. The Morgan fingerprint density at radius 1 is 1.47 bits per heavy atom. The first-order chi connectivity index (χ1) is 7.09. The van der Waals surface area contributed by atoms with Gasteiger partial charge in [-0.1, -0.05) is 24.3 Å². The number of benzene rings is 1. The van der Waals surface area contributed by atoms with Crippen molar-refractivity contribution in [2.75, 3.05) is 0 Å². The van der Waals surface area contributed by atoms with Crippen LogP contribution in [0.1, 0.15) is 30.4 Å². The predicted octanol–water partition coefficient (Wildman–Crippen LogP) is 1.78. The molecule has 3 N–H and O–H groups in total. The molecule has 0 spiro atoms. The molecule has 1 aromatic carbocycles. The summed E-state index contributed by atoms with van der Waals surface area (Å²) < 4.78 is 0. The summed E-state index contributed by atoms with van der Waals surface area (Å²) in [7, 11) is 0. The van der Waals surface area contributed by atoms with Crippen LogP contribution < -0.4 is 5.73 Å². The molecule has 15 heavy (non-hydrogen) atoms. The van der Waals surface area contributed by atoms with E-state index in [0.29, 0.717) is 0 Å². The zero-order valence-electron chi connectivity index (χ0n) is 9.24. The maximum atomic E-state index is 10.4. The Hall–Kier alpha value is -0.860. The van der Waals surface area contributed by atoms with Crippen molar-refractivity contribution in [3.63, 3.8) is 0 Å². The predicted molar refractivity (Wildman–Crippen MR) is 61.7 cm³/mol. The maximum Gasteiger partial charge on any atom is 0.0703 e. The molecule has 0 saturated heterocycles. The van der Waals surface area contributed by atoms with Crippen LogP contribution in [-0.4, -0.2) is 16.7 Å². The molecule has 2 heteroatoms. The zero-order valence-corrected chi connectivity index (χ0v) is 9.24. The third-order valence-corrected chi connectivity index (χ3v) is 3.40. The third kappa shape index (κ3) is 2.39. The molecular formula is C13H19NO. The maximum absolute atomic E-state index is 10.4. The number of rotatable bonds is 2. The fraction of sp³-hybridized carbons (Fsp3) is 0.538. The summed E-state index contributed by atoms with van der Waals surface area (Å²) in [4.78, 5) is 0. The van der Waals surface area contributed by atoms with E-state index in [0.717, 1.165) is 25.7 Å². The Morgan fingerprint density at radius 2 is 2.20 bits per heavy atom. The normalized spacial score (nSPS) is 30.7. The molecule has 2 nitrogen and oxygen atoms in total. The van der Waals surface area contributed by atoms with Crippen LogP contribution in [0.15, 0.2) is 24.3 Å². The van der Waals surface area contributed by atoms with Gasteiger partial charge in [-0.15, -0.1) is 0 Å². The van der Waals surface area contributed by atoms with Crippen LogP contribution in [-0.2, 0) is 6.42 Å². The van der Waals surface area contributed by atoms with E-state index in [9.17, 15) is 5.11 Å². The fourth-order valence-corrected chi connectivity index (χ4v) is 2.47. The molecule has 0 aromatic heterocycles. The molecule has 1 aromatic rings. The largest absolute Gasteiger partial charge is 0.389 e. The second-order valence-corrected chi connectivity index (χ2v) is 4.83. The molecule has 0 amide bonds. The molecule has 1 saturated carbocycles. The van der Waals surface area contributed by atoms with E-state index in [4.69, 9.17) is 5.73 Å². The molecule has 1 fully saturated rings. The zero-order chi connectivity index (χ0) is 10.9.